The number of fused-ring (bicyclic) bond motifs is 1. The van der Waals surface area contributed by atoms with Crippen LogP contribution in [-0.2, 0) is 7.05 Å². The van der Waals surface area contributed by atoms with Gasteiger partial charge in [0.05, 0.1) is 18.0 Å². The van der Waals surface area contributed by atoms with Crippen LogP contribution in [0, 0.1) is 0 Å². The van der Waals surface area contributed by atoms with Crippen molar-refractivity contribution in [3.8, 4) is 0 Å². The first-order valence-corrected chi connectivity index (χ1v) is 8.61. The lowest BCUT2D eigenvalue weighted by molar-refractivity contribution is 0.0933. The number of aryl methyl sites for hydroxylation is 1. The molecule has 4 heterocycles. The molecule has 1 aliphatic rings. The molecule has 0 aliphatic carbocycles. The summed E-state index contributed by atoms with van der Waals surface area (Å²) in [5.41, 5.74) is 1.36. The lowest BCUT2D eigenvalue weighted by Gasteiger charge is -2.33. The van der Waals surface area contributed by atoms with Crippen LogP contribution >= 0.6 is 0 Å². The lowest BCUT2D eigenvalue weighted by atomic mass is 10.1. The number of nitrogens with zero attached hydrogens (tertiary/aromatic N) is 5. The average molecular weight is 352 g/mol. The molecule has 26 heavy (non-hydrogen) atoms. The van der Waals surface area contributed by atoms with Gasteiger partial charge in [-0.25, -0.2) is 9.97 Å². The topological polar surface area (TPSA) is 84.5 Å². The first-order chi connectivity index (χ1) is 12.6. The van der Waals surface area contributed by atoms with Crippen molar-refractivity contribution in [3.63, 3.8) is 0 Å². The summed E-state index contributed by atoms with van der Waals surface area (Å²) in [5.74, 6) is 0.323. The largest absolute Gasteiger partial charge is 0.350 e. The molecule has 1 aliphatic heterocycles. The van der Waals surface area contributed by atoms with Gasteiger partial charge in [-0.1, -0.05) is 0 Å². The molecule has 8 heteroatoms. The smallest absolute Gasteiger partial charge is 0.293 e. The van der Waals surface area contributed by atoms with Crippen LogP contribution in [0.15, 0.2) is 48.0 Å². The van der Waals surface area contributed by atoms with Crippen LogP contribution in [0.2, 0.25) is 0 Å². The molecule has 4 rings (SSSR count). The standard InChI is InChI=1S/C18H20N6O2/c1-22-8-5-20-16(18(22)26)23-6-2-3-14(11-23)21-17(25)13-4-7-24-12-19-10-15(24)9-13/h4-5,7-10,12,14H,2-3,6,11H2,1H3,(H,21,25)/t14-/m0/s1. The molecule has 1 fully saturated rings. The number of piperidine rings is 1. The van der Waals surface area contributed by atoms with E-state index in [-0.39, 0.29) is 17.5 Å². The van der Waals surface area contributed by atoms with Gasteiger partial charge in [0.1, 0.15) is 0 Å². The highest BCUT2D eigenvalue weighted by Gasteiger charge is 2.24. The van der Waals surface area contributed by atoms with Gasteiger partial charge in [0.2, 0.25) is 0 Å². The van der Waals surface area contributed by atoms with Crippen molar-refractivity contribution in [1.29, 1.82) is 0 Å². The van der Waals surface area contributed by atoms with Gasteiger partial charge in [-0.2, -0.15) is 0 Å². The summed E-state index contributed by atoms with van der Waals surface area (Å²) in [4.78, 5) is 35.1. The molecular weight excluding hydrogens is 332 g/mol. The van der Waals surface area contributed by atoms with Crippen molar-refractivity contribution < 1.29 is 4.79 Å². The van der Waals surface area contributed by atoms with E-state index in [1.165, 1.54) is 4.57 Å². The highest BCUT2D eigenvalue weighted by molar-refractivity contribution is 5.95. The predicted molar refractivity (Wildman–Crippen MR) is 97.4 cm³/mol. The molecule has 3 aromatic heterocycles. The maximum atomic E-state index is 12.6. The van der Waals surface area contributed by atoms with Crippen LogP contribution in [0.3, 0.4) is 0 Å². The molecule has 0 saturated carbocycles. The fraction of sp³-hybridized carbons (Fsp3) is 0.333. The third-order valence-corrected chi connectivity index (χ3v) is 4.73. The highest BCUT2D eigenvalue weighted by atomic mass is 16.2. The minimum absolute atomic E-state index is 0.0240. The number of aromatic nitrogens is 4. The molecule has 0 unspecified atom stereocenters. The van der Waals surface area contributed by atoms with Crippen LogP contribution in [0.1, 0.15) is 23.2 Å². The molecule has 0 spiro atoms. The van der Waals surface area contributed by atoms with E-state index in [1.54, 1.807) is 38.0 Å². The highest BCUT2D eigenvalue weighted by Crippen LogP contribution is 2.15. The Hall–Kier alpha value is -3.16. The summed E-state index contributed by atoms with van der Waals surface area (Å²) in [7, 11) is 1.71. The molecule has 0 radical (unpaired) electrons. The van der Waals surface area contributed by atoms with Crippen molar-refractivity contribution in [2.75, 3.05) is 18.0 Å². The van der Waals surface area contributed by atoms with Gasteiger partial charge in [-0.15, -0.1) is 0 Å². The van der Waals surface area contributed by atoms with Gasteiger partial charge in [-0.3, -0.25) is 9.59 Å². The van der Waals surface area contributed by atoms with E-state index < -0.39 is 0 Å². The average Bonchev–Trinajstić information content (AvgIpc) is 3.12. The van der Waals surface area contributed by atoms with Crippen LogP contribution in [0.5, 0.6) is 0 Å². The number of nitrogens with one attached hydrogen (secondary N) is 1. The van der Waals surface area contributed by atoms with Crippen molar-refractivity contribution in [2.45, 2.75) is 18.9 Å². The van der Waals surface area contributed by atoms with E-state index in [2.05, 4.69) is 15.3 Å². The van der Waals surface area contributed by atoms with Gasteiger partial charge in [0.15, 0.2) is 5.82 Å². The van der Waals surface area contributed by atoms with Gasteiger partial charge >= 0.3 is 0 Å². The molecule has 3 aromatic rings. The van der Waals surface area contributed by atoms with Crippen LogP contribution in [0.25, 0.3) is 5.52 Å². The van der Waals surface area contributed by atoms with Gasteiger partial charge in [0, 0.05) is 50.3 Å². The fourth-order valence-electron chi connectivity index (χ4n) is 3.32. The number of carbonyl (C=O) groups is 1. The van der Waals surface area contributed by atoms with E-state index in [9.17, 15) is 9.59 Å². The first kappa shape index (κ1) is 16.3. The van der Waals surface area contributed by atoms with Crippen LogP contribution in [-0.4, -0.2) is 44.0 Å². The fourth-order valence-corrected chi connectivity index (χ4v) is 3.32. The van der Waals surface area contributed by atoms with Crippen LogP contribution < -0.4 is 15.8 Å². The zero-order chi connectivity index (χ0) is 18.1. The summed E-state index contributed by atoms with van der Waals surface area (Å²) in [6.07, 6.45) is 10.3. The Morgan fingerprint density at radius 3 is 3.12 bits per heavy atom. The normalized spacial score (nSPS) is 17.4. The summed E-state index contributed by atoms with van der Waals surface area (Å²) in [5, 5.41) is 3.08. The molecule has 1 N–H and O–H groups in total. The predicted octanol–water partition coefficient (Wildman–Crippen LogP) is 0.827. The quantitative estimate of drug-likeness (QED) is 0.755. The molecule has 1 atom stereocenters. The van der Waals surface area contributed by atoms with Gasteiger partial charge < -0.3 is 19.2 Å². The van der Waals surface area contributed by atoms with Crippen molar-refractivity contribution in [2.24, 2.45) is 7.05 Å². The minimum atomic E-state index is -0.120. The van der Waals surface area contributed by atoms with Crippen molar-refractivity contribution in [1.82, 2.24) is 24.3 Å². The number of hydrogen-bond donors (Lipinski definition) is 1. The van der Waals surface area contributed by atoms with Gasteiger partial charge in [-0.05, 0) is 25.0 Å². The Morgan fingerprint density at radius 1 is 1.35 bits per heavy atom. The van der Waals surface area contributed by atoms with E-state index in [0.29, 0.717) is 17.9 Å². The molecule has 1 saturated heterocycles. The molecule has 134 valence electrons. The van der Waals surface area contributed by atoms with Gasteiger partial charge in [0.25, 0.3) is 11.5 Å². The second kappa shape index (κ2) is 6.62. The molecule has 8 nitrogen and oxygen atoms in total. The SMILES string of the molecule is Cn1ccnc(N2CCC[C@H](NC(=O)c3ccn4cncc4c3)C2)c1=O. The zero-order valence-electron chi connectivity index (χ0n) is 14.5. The zero-order valence-corrected chi connectivity index (χ0v) is 14.5. The Morgan fingerprint density at radius 2 is 2.23 bits per heavy atom. The maximum Gasteiger partial charge on any atom is 0.293 e. The minimum Gasteiger partial charge on any atom is -0.350 e. The van der Waals surface area contributed by atoms with E-state index in [1.807, 2.05) is 21.6 Å². The third kappa shape index (κ3) is 3.05. The lowest BCUT2D eigenvalue weighted by Crippen LogP contribution is -2.49. The Balaban J connectivity index is 1.48. The molecule has 1 amide bonds. The number of pyridine rings is 1. The summed E-state index contributed by atoms with van der Waals surface area (Å²) in [6, 6.07) is 3.57. The number of rotatable bonds is 3. The third-order valence-electron chi connectivity index (χ3n) is 4.73. The number of carbonyl (C=O) groups excluding carboxylic acids is 1. The summed E-state index contributed by atoms with van der Waals surface area (Å²) < 4.78 is 3.38. The number of imidazole rings is 1. The van der Waals surface area contributed by atoms with E-state index in [4.69, 9.17) is 0 Å². The Bertz CT molecular complexity index is 1010. The van der Waals surface area contributed by atoms with Crippen molar-refractivity contribution in [3.05, 3.63) is 59.2 Å². The van der Waals surface area contributed by atoms with E-state index in [0.717, 1.165) is 24.9 Å². The summed E-state index contributed by atoms with van der Waals surface area (Å²) >= 11 is 0. The summed E-state index contributed by atoms with van der Waals surface area (Å²) in [6.45, 7) is 1.34. The monoisotopic (exact) mass is 352 g/mol. The molecule has 0 aromatic carbocycles. The van der Waals surface area contributed by atoms with Crippen LogP contribution in [0.4, 0.5) is 5.82 Å². The molecular formula is C18H20N6O2. The Labute approximate surface area is 150 Å². The maximum absolute atomic E-state index is 12.6. The second-order valence-corrected chi connectivity index (χ2v) is 6.57. The number of anilines is 1. The second-order valence-electron chi connectivity index (χ2n) is 6.57. The number of amides is 1. The Kier molecular flexibility index (Phi) is 4.16. The van der Waals surface area contributed by atoms with Crippen molar-refractivity contribution >= 4 is 17.2 Å². The van der Waals surface area contributed by atoms with E-state index >= 15 is 0 Å². The first-order valence-electron chi connectivity index (χ1n) is 8.61. The number of hydrogen-bond acceptors (Lipinski definition) is 5. The molecule has 0 bridgehead atoms.